The first-order valence-corrected chi connectivity index (χ1v) is 6.49. The van der Waals surface area contributed by atoms with Gasteiger partial charge >= 0.3 is 0 Å². The molecule has 3 atom stereocenters. The molecule has 1 saturated carbocycles. The summed E-state index contributed by atoms with van der Waals surface area (Å²) in [5, 5.41) is 0. The van der Waals surface area contributed by atoms with Crippen LogP contribution in [0.3, 0.4) is 0 Å². The van der Waals surface area contributed by atoms with Crippen LogP contribution in [0.4, 0.5) is 0 Å². The summed E-state index contributed by atoms with van der Waals surface area (Å²) in [5.41, 5.74) is 7.45. The fourth-order valence-electron chi connectivity index (χ4n) is 2.21. The zero-order valence-corrected chi connectivity index (χ0v) is 11.3. The first-order chi connectivity index (χ1) is 7.61. The minimum Gasteiger partial charge on any atom is -0.496 e. The summed E-state index contributed by atoms with van der Waals surface area (Å²) in [5.74, 6) is 2.41. The number of methoxy groups -OCH3 is 1. The fourth-order valence-corrected chi connectivity index (χ4v) is 2.80. The molecule has 0 amide bonds. The maximum absolute atomic E-state index is 6.18. The standard InChI is InChI=1S/C13H18BrNO/c1-8-5-10(8)12(15)7-9-3-4-13(16-2)11(14)6-9/h3-4,6,8,10,12H,5,7,15H2,1-2H3. The molecule has 88 valence electrons. The molecular weight excluding hydrogens is 266 g/mol. The predicted molar refractivity (Wildman–Crippen MR) is 69.6 cm³/mol. The van der Waals surface area contributed by atoms with E-state index in [0.717, 1.165) is 28.5 Å². The monoisotopic (exact) mass is 283 g/mol. The number of benzene rings is 1. The third kappa shape index (κ3) is 2.58. The molecule has 0 heterocycles. The van der Waals surface area contributed by atoms with Gasteiger partial charge in [0.05, 0.1) is 11.6 Å². The highest BCUT2D eigenvalue weighted by Crippen LogP contribution is 2.40. The minimum atomic E-state index is 0.301. The summed E-state index contributed by atoms with van der Waals surface area (Å²) in [6.45, 7) is 2.27. The molecule has 16 heavy (non-hydrogen) atoms. The summed E-state index contributed by atoms with van der Waals surface area (Å²) in [4.78, 5) is 0. The number of halogens is 1. The first-order valence-electron chi connectivity index (χ1n) is 5.70. The van der Waals surface area contributed by atoms with Crippen molar-refractivity contribution in [2.45, 2.75) is 25.8 Å². The molecular formula is C13H18BrNO. The Morgan fingerprint density at radius 1 is 1.56 bits per heavy atom. The van der Waals surface area contributed by atoms with E-state index < -0.39 is 0 Å². The number of hydrogen-bond acceptors (Lipinski definition) is 2. The van der Waals surface area contributed by atoms with E-state index in [1.165, 1.54) is 12.0 Å². The molecule has 0 aromatic heterocycles. The number of ether oxygens (including phenoxy) is 1. The predicted octanol–water partition coefficient (Wildman–Crippen LogP) is 2.98. The van der Waals surface area contributed by atoms with Crippen molar-refractivity contribution in [2.24, 2.45) is 17.6 Å². The van der Waals surface area contributed by atoms with Crippen molar-refractivity contribution < 1.29 is 4.74 Å². The Bertz CT molecular complexity index is 380. The van der Waals surface area contributed by atoms with E-state index in [9.17, 15) is 0 Å². The Kier molecular flexibility index (Phi) is 3.55. The van der Waals surface area contributed by atoms with Gasteiger partial charge in [0.2, 0.25) is 0 Å². The Morgan fingerprint density at radius 3 is 2.75 bits per heavy atom. The van der Waals surface area contributed by atoms with E-state index in [2.05, 4.69) is 35.0 Å². The van der Waals surface area contributed by atoms with Gasteiger partial charge in [0.1, 0.15) is 5.75 Å². The van der Waals surface area contributed by atoms with Gasteiger partial charge in [0.15, 0.2) is 0 Å². The highest BCUT2D eigenvalue weighted by atomic mass is 79.9. The smallest absolute Gasteiger partial charge is 0.133 e. The van der Waals surface area contributed by atoms with Gasteiger partial charge in [-0.05, 0) is 58.3 Å². The molecule has 2 nitrogen and oxygen atoms in total. The third-order valence-corrected chi connectivity index (χ3v) is 4.03. The molecule has 3 heteroatoms. The van der Waals surface area contributed by atoms with E-state index in [1.54, 1.807) is 7.11 Å². The van der Waals surface area contributed by atoms with Crippen LogP contribution >= 0.6 is 15.9 Å². The minimum absolute atomic E-state index is 0.301. The number of hydrogen-bond donors (Lipinski definition) is 1. The Labute approximate surface area is 105 Å². The van der Waals surface area contributed by atoms with Crippen molar-refractivity contribution in [3.63, 3.8) is 0 Å². The van der Waals surface area contributed by atoms with Crippen molar-refractivity contribution in [3.8, 4) is 5.75 Å². The van der Waals surface area contributed by atoms with Crippen LogP contribution < -0.4 is 10.5 Å². The second-order valence-electron chi connectivity index (χ2n) is 4.71. The number of nitrogens with two attached hydrogens (primary N) is 1. The average Bonchev–Trinajstić information content (AvgIpc) is 2.96. The highest BCUT2D eigenvalue weighted by Gasteiger charge is 2.37. The maximum Gasteiger partial charge on any atom is 0.133 e. The summed E-state index contributed by atoms with van der Waals surface area (Å²) >= 11 is 3.50. The van der Waals surface area contributed by atoms with Gasteiger partial charge < -0.3 is 10.5 Å². The fraction of sp³-hybridized carbons (Fsp3) is 0.538. The van der Waals surface area contributed by atoms with E-state index in [4.69, 9.17) is 10.5 Å². The van der Waals surface area contributed by atoms with Gasteiger partial charge in [-0.15, -0.1) is 0 Å². The van der Waals surface area contributed by atoms with Crippen LogP contribution in [0.5, 0.6) is 5.75 Å². The van der Waals surface area contributed by atoms with Crippen LogP contribution in [-0.2, 0) is 6.42 Å². The summed E-state index contributed by atoms with van der Waals surface area (Å²) in [6.07, 6.45) is 2.25. The second-order valence-corrected chi connectivity index (χ2v) is 5.57. The van der Waals surface area contributed by atoms with Gasteiger partial charge in [-0.2, -0.15) is 0 Å². The normalized spacial score (nSPS) is 25.2. The van der Waals surface area contributed by atoms with Gasteiger partial charge in [0.25, 0.3) is 0 Å². The van der Waals surface area contributed by atoms with Crippen LogP contribution in [0.1, 0.15) is 18.9 Å². The largest absolute Gasteiger partial charge is 0.496 e. The van der Waals surface area contributed by atoms with Gasteiger partial charge in [0, 0.05) is 6.04 Å². The van der Waals surface area contributed by atoms with Crippen LogP contribution in [0.25, 0.3) is 0 Å². The van der Waals surface area contributed by atoms with Gasteiger partial charge in [-0.3, -0.25) is 0 Å². The first kappa shape index (κ1) is 11.9. The number of rotatable bonds is 4. The molecule has 2 N–H and O–H groups in total. The molecule has 0 spiro atoms. The van der Waals surface area contributed by atoms with Crippen LogP contribution in [0.15, 0.2) is 22.7 Å². The van der Waals surface area contributed by atoms with Crippen LogP contribution in [0.2, 0.25) is 0 Å². The lowest BCUT2D eigenvalue weighted by Gasteiger charge is -2.12. The van der Waals surface area contributed by atoms with Crippen molar-refractivity contribution in [1.82, 2.24) is 0 Å². The van der Waals surface area contributed by atoms with Crippen molar-refractivity contribution in [3.05, 3.63) is 28.2 Å². The Morgan fingerprint density at radius 2 is 2.25 bits per heavy atom. The van der Waals surface area contributed by atoms with Crippen LogP contribution in [-0.4, -0.2) is 13.2 Å². The molecule has 1 fully saturated rings. The molecule has 0 bridgehead atoms. The summed E-state index contributed by atoms with van der Waals surface area (Å²) in [7, 11) is 1.68. The molecule has 1 aliphatic carbocycles. The lowest BCUT2D eigenvalue weighted by Crippen LogP contribution is -2.25. The molecule has 0 radical (unpaired) electrons. The SMILES string of the molecule is COc1ccc(CC(N)C2CC2C)cc1Br. The van der Waals surface area contributed by atoms with E-state index in [0.29, 0.717) is 6.04 Å². The average molecular weight is 284 g/mol. The quantitative estimate of drug-likeness (QED) is 0.922. The summed E-state index contributed by atoms with van der Waals surface area (Å²) < 4.78 is 6.21. The molecule has 1 aliphatic rings. The zero-order chi connectivity index (χ0) is 11.7. The zero-order valence-electron chi connectivity index (χ0n) is 9.74. The molecule has 1 aromatic carbocycles. The lowest BCUT2D eigenvalue weighted by atomic mass is 10.0. The van der Waals surface area contributed by atoms with E-state index >= 15 is 0 Å². The Hall–Kier alpha value is -0.540. The van der Waals surface area contributed by atoms with Crippen molar-refractivity contribution in [1.29, 1.82) is 0 Å². The van der Waals surface area contributed by atoms with Gasteiger partial charge in [-0.1, -0.05) is 13.0 Å². The van der Waals surface area contributed by atoms with E-state index in [-0.39, 0.29) is 0 Å². The van der Waals surface area contributed by atoms with Crippen LogP contribution in [0, 0.1) is 11.8 Å². The molecule has 1 aromatic rings. The maximum atomic E-state index is 6.18. The molecule has 2 rings (SSSR count). The Balaban J connectivity index is 2.01. The summed E-state index contributed by atoms with van der Waals surface area (Å²) in [6, 6.07) is 6.49. The molecule has 0 aliphatic heterocycles. The molecule has 3 unspecified atom stereocenters. The lowest BCUT2D eigenvalue weighted by molar-refractivity contribution is 0.412. The highest BCUT2D eigenvalue weighted by molar-refractivity contribution is 9.10. The third-order valence-electron chi connectivity index (χ3n) is 3.41. The topological polar surface area (TPSA) is 35.2 Å². The van der Waals surface area contributed by atoms with Crippen molar-refractivity contribution >= 4 is 15.9 Å². The van der Waals surface area contributed by atoms with Crippen molar-refractivity contribution in [2.75, 3.05) is 7.11 Å². The second kappa shape index (κ2) is 4.76. The van der Waals surface area contributed by atoms with Gasteiger partial charge in [-0.25, -0.2) is 0 Å². The van der Waals surface area contributed by atoms with E-state index in [1.807, 2.05) is 6.07 Å². The molecule has 0 saturated heterocycles.